The Bertz CT molecular complexity index is 1970. The highest BCUT2D eigenvalue weighted by atomic mass is 32.1. The van der Waals surface area contributed by atoms with Gasteiger partial charge in [-0.1, -0.05) is 66.7 Å². The van der Waals surface area contributed by atoms with E-state index in [-0.39, 0.29) is 0 Å². The van der Waals surface area contributed by atoms with Gasteiger partial charge in [0.15, 0.2) is 0 Å². The van der Waals surface area contributed by atoms with Crippen LogP contribution in [0, 0.1) is 0 Å². The van der Waals surface area contributed by atoms with Crippen LogP contribution in [0.25, 0.3) is 47.7 Å². The summed E-state index contributed by atoms with van der Waals surface area (Å²) in [6, 6.07) is 42.2. The van der Waals surface area contributed by atoms with Crippen LogP contribution in [0.5, 0.6) is 0 Å². The van der Waals surface area contributed by atoms with Crippen LogP contribution in [0.15, 0.2) is 115 Å². The van der Waals surface area contributed by atoms with E-state index in [9.17, 15) is 0 Å². The molecule has 4 heteroatoms. The number of nitrogens with zero attached hydrogens (tertiary/aromatic N) is 3. The third-order valence-electron chi connectivity index (χ3n) is 8.18. The molecule has 0 aliphatic carbocycles. The van der Waals surface area contributed by atoms with Gasteiger partial charge in [0.2, 0.25) is 0 Å². The summed E-state index contributed by atoms with van der Waals surface area (Å²) >= 11 is 1.89. The van der Waals surface area contributed by atoms with Gasteiger partial charge in [-0.05, 0) is 93.3 Å². The lowest BCUT2D eigenvalue weighted by atomic mass is 10.1. The Morgan fingerprint density at radius 2 is 1.12 bits per heavy atom. The minimum Gasteiger partial charge on any atom is -0.309 e. The molecule has 2 aromatic heterocycles. The summed E-state index contributed by atoms with van der Waals surface area (Å²) in [4.78, 5) is 4.91. The van der Waals surface area contributed by atoms with E-state index in [1.165, 1.54) is 58.8 Å². The number of hydrogen-bond acceptors (Lipinski definition) is 3. The molecule has 41 heavy (non-hydrogen) atoms. The molecule has 0 radical (unpaired) electrons. The Kier molecular flexibility index (Phi) is 7.05. The standard InChI is InChI=1S/C37H35N3S/c1-38(21-10-22-39(2)26-28-18-20-37-33(24-28)31-14-7-9-16-36(31)41-37)25-27-17-19-35-32(23-27)30-13-6-8-15-34(30)40(35)29-11-4-3-5-12-29/h3-9,11-20,23-24H,10,21-22,25-26H2,1-2H3. The minimum absolute atomic E-state index is 0.951. The van der Waals surface area contributed by atoms with Gasteiger partial charge in [0, 0.05) is 49.7 Å². The highest BCUT2D eigenvalue weighted by Gasteiger charge is 2.13. The molecule has 0 N–H and O–H groups in total. The Labute approximate surface area is 245 Å². The molecule has 3 nitrogen and oxygen atoms in total. The summed E-state index contributed by atoms with van der Waals surface area (Å²) in [6.45, 7) is 4.08. The van der Waals surface area contributed by atoms with Crippen LogP contribution in [0.3, 0.4) is 0 Å². The highest BCUT2D eigenvalue weighted by Crippen LogP contribution is 2.35. The molecule has 5 aromatic carbocycles. The fourth-order valence-corrected chi connectivity index (χ4v) is 7.32. The molecule has 0 atom stereocenters. The van der Waals surface area contributed by atoms with Crippen molar-refractivity contribution in [3.05, 3.63) is 126 Å². The number of benzene rings is 5. The van der Waals surface area contributed by atoms with Crippen molar-refractivity contribution in [3.63, 3.8) is 0 Å². The van der Waals surface area contributed by atoms with Crippen LogP contribution < -0.4 is 0 Å². The molecule has 0 saturated carbocycles. The number of thiophene rings is 1. The molecule has 0 unspecified atom stereocenters. The van der Waals surface area contributed by atoms with Gasteiger partial charge < -0.3 is 14.4 Å². The van der Waals surface area contributed by atoms with E-state index >= 15 is 0 Å². The van der Waals surface area contributed by atoms with Crippen molar-refractivity contribution in [2.24, 2.45) is 0 Å². The zero-order chi connectivity index (χ0) is 27.8. The van der Waals surface area contributed by atoms with Crippen molar-refractivity contribution in [2.45, 2.75) is 19.5 Å². The summed E-state index contributed by atoms with van der Waals surface area (Å²) in [7, 11) is 4.49. The lowest BCUT2D eigenvalue weighted by molar-refractivity contribution is 0.270. The lowest BCUT2D eigenvalue weighted by Crippen LogP contribution is -2.25. The van der Waals surface area contributed by atoms with Crippen LogP contribution in [0.4, 0.5) is 0 Å². The Hall–Kier alpha value is -3.96. The number of hydrogen-bond donors (Lipinski definition) is 0. The SMILES string of the molecule is CN(CCCN(C)Cc1ccc2c(c1)c1ccccc1n2-c1ccccc1)Cc1ccc2sc3ccccc3c2c1. The van der Waals surface area contributed by atoms with Crippen molar-refractivity contribution in [1.82, 2.24) is 14.4 Å². The van der Waals surface area contributed by atoms with Crippen LogP contribution in [-0.4, -0.2) is 41.6 Å². The van der Waals surface area contributed by atoms with Gasteiger partial charge in [0.05, 0.1) is 11.0 Å². The third kappa shape index (κ3) is 5.15. The summed E-state index contributed by atoms with van der Waals surface area (Å²) in [5, 5.41) is 5.40. The minimum atomic E-state index is 0.951. The Morgan fingerprint density at radius 1 is 0.537 bits per heavy atom. The van der Waals surface area contributed by atoms with E-state index in [4.69, 9.17) is 0 Å². The molecule has 0 bridgehead atoms. The number of rotatable bonds is 9. The predicted molar refractivity (Wildman–Crippen MR) is 177 cm³/mol. The number of fused-ring (bicyclic) bond motifs is 6. The highest BCUT2D eigenvalue weighted by molar-refractivity contribution is 7.25. The van der Waals surface area contributed by atoms with Gasteiger partial charge in [0.25, 0.3) is 0 Å². The summed E-state index contributed by atoms with van der Waals surface area (Å²) in [6.07, 6.45) is 1.15. The van der Waals surface area contributed by atoms with E-state index in [1.54, 1.807) is 0 Å². The first kappa shape index (κ1) is 26.0. The number of para-hydroxylation sites is 2. The average Bonchev–Trinajstić information content (AvgIpc) is 3.53. The number of aromatic nitrogens is 1. The monoisotopic (exact) mass is 553 g/mol. The fraction of sp³-hybridized carbons (Fsp3) is 0.189. The zero-order valence-corrected chi connectivity index (χ0v) is 24.6. The molecular formula is C37H35N3S. The van der Waals surface area contributed by atoms with E-state index in [0.29, 0.717) is 0 Å². The Balaban J connectivity index is 1.00. The van der Waals surface area contributed by atoms with Crippen LogP contribution in [-0.2, 0) is 13.1 Å². The summed E-state index contributed by atoms with van der Waals surface area (Å²) < 4.78 is 5.13. The molecule has 7 rings (SSSR count). The van der Waals surface area contributed by atoms with Gasteiger partial charge in [-0.3, -0.25) is 0 Å². The van der Waals surface area contributed by atoms with Crippen molar-refractivity contribution < 1.29 is 0 Å². The van der Waals surface area contributed by atoms with Crippen LogP contribution in [0.1, 0.15) is 17.5 Å². The van der Waals surface area contributed by atoms with Crippen molar-refractivity contribution in [1.29, 1.82) is 0 Å². The molecule has 0 amide bonds. The van der Waals surface area contributed by atoms with Crippen molar-refractivity contribution in [3.8, 4) is 5.69 Å². The molecular weight excluding hydrogens is 518 g/mol. The quantitative estimate of drug-likeness (QED) is 0.177. The maximum Gasteiger partial charge on any atom is 0.0541 e. The van der Waals surface area contributed by atoms with Gasteiger partial charge in [-0.15, -0.1) is 11.3 Å². The Morgan fingerprint density at radius 3 is 1.90 bits per heavy atom. The average molecular weight is 554 g/mol. The largest absolute Gasteiger partial charge is 0.309 e. The topological polar surface area (TPSA) is 11.4 Å². The second kappa shape index (κ2) is 11.1. The second-order valence-electron chi connectivity index (χ2n) is 11.3. The molecule has 0 aliphatic rings. The first-order valence-corrected chi connectivity index (χ1v) is 15.3. The lowest BCUT2D eigenvalue weighted by Gasteiger charge is -2.21. The van der Waals surface area contributed by atoms with Gasteiger partial charge >= 0.3 is 0 Å². The van der Waals surface area contributed by atoms with Crippen molar-refractivity contribution >= 4 is 53.3 Å². The van der Waals surface area contributed by atoms with E-state index in [0.717, 1.165) is 32.6 Å². The van der Waals surface area contributed by atoms with Crippen LogP contribution in [0.2, 0.25) is 0 Å². The predicted octanol–water partition coefficient (Wildman–Crippen LogP) is 9.11. The van der Waals surface area contributed by atoms with E-state index in [2.05, 4.69) is 144 Å². The maximum absolute atomic E-state index is 2.45. The van der Waals surface area contributed by atoms with Gasteiger partial charge in [0.1, 0.15) is 0 Å². The van der Waals surface area contributed by atoms with E-state index in [1.807, 2.05) is 11.3 Å². The summed E-state index contributed by atoms with van der Waals surface area (Å²) in [5.41, 5.74) is 6.48. The second-order valence-corrected chi connectivity index (χ2v) is 12.4. The van der Waals surface area contributed by atoms with Crippen molar-refractivity contribution in [2.75, 3.05) is 27.2 Å². The smallest absolute Gasteiger partial charge is 0.0541 e. The first-order valence-electron chi connectivity index (χ1n) is 14.5. The molecule has 2 heterocycles. The van der Waals surface area contributed by atoms with Gasteiger partial charge in [-0.2, -0.15) is 0 Å². The third-order valence-corrected chi connectivity index (χ3v) is 9.33. The molecule has 0 saturated heterocycles. The van der Waals surface area contributed by atoms with Gasteiger partial charge in [-0.25, -0.2) is 0 Å². The molecule has 7 aromatic rings. The summed E-state index contributed by atoms with van der Waals surface area (Å²) in [5.74, 6) is 0. The van der Waals surface area contributed by atoms with E-state index < -0.39 is 0 Å². The normalized spacial score (nSPS) is 12.1. The van der Waals surface area contributed by atoms with Crippen LogP contribution >= 0.6 is 11.3 Å². The molecule has 0 spiro atoms. The molecule has 0 aliphatic heterocycles. The first-order chi connectivity index (χ1) is 20.1. The zero-order valence-electron chi connectivity index (χ0n) is 23.8. The maximum atomic E-state index is 2.45. The molecule has 0 fully saturated rings. The molecule has 204 valence electrons. The fourth-order valence-electron chi connectivity index (χ4n) is 6.24.